The van der Waals surface area contributed by atoms with E-state index in [9.17, 15) is 22.8 Å². The molecular weight excluding hydrogens is 531 g/mol. The number of piperazine rings is 1. The number of nitrogens with one attached hydrogen (secondary N) is 3. The third-order valence-electron chi connectivity index (χ3n) is 7.75. The fourth-order valence-corrected chi connectivity index (χ4v) is 4.88. The van der Waals surface area contributed by atoms with E-state index in [1.807, 2.05) is 35.2 Å². The molecule has 7 nitrogen and oxygen atoms in total. The van der Waals surface area contributed by atoms with Gasteiger partial charge in [-0.15, -0.1) is 0 Å². The number of benzene rings is 2. The molecule has 1 aliphatic carbocycles. The molecule has 2 aliphatic rings. The normalized spacial score (nSPS) is 16.3. The van der Waals surface area contributed by atoms with Gasteiger partial charge in [0.25, 0.3) is 0 Å². The second kappa shape index (κ2) is 11.6. The van der Waals surface area contributed by atoms with E-state index in [0.29, 0.717) is 24.5 Å². The number of anilines is 2. The Labute approximate surface area is 237 Å². The molecule has 1 aliphatic heterocycles. The molecule has 3 aromatic rings. The third-order valence-corrected chi connectivity index (χ3v) is 7.75. The first-order chi connectivity index (χ1) is 19.5. The molecular formula is C31H34F3N5O2. The van der Waals surface area contributed by atoms with Crippen molar-refractivity contribution < 1.29 is 22.8 Å². The van der Waals surface area contributed by atoms with Crippen LogP contribution in [0.25, 0.3) is 11.1 Å². The van der Waals surface area contributed by atoms with Crippen molar-refractivity contribution in [2.75, 3.05) is 36.8 Å². The molecule has 2 aromatic carbocycles. The molecule has 10 heteroatoms. The van der Waals surface area contributed by atoms with Crippen LogP contribution in [0, 0.1) is 5.92 Å². The number of aromatic nitrogens is 1. The van der Waals surface area contributed by atoms with Gasteiger partial charge >= 0.3 is 6.18 Å². The largest absolute Gasteiger partial charge is 0.416 e. The molecule has 2 amide bonds. The van der Waals surface area contributed by atoms with Gasteiger partial charge in [0.05, 0.1) is 11.0 Å². The molecule has 3 N–H and O–H groups in total. The van der Waals surface area contributed by atoms with E-state index in [4.69, 9.17) is 0 Å². The molecule has 5 rings (SSSR count). The molecule has 1 aromatic heterocycles. The van der Waals surface area contributed by atoms with Crippen LogP contribution in [-0.2, 0) is 27.7 Å². The zero-order valence-electron chi connectivity index (χ0n) is 23.1. The summed E-state index contributed by atoms with van der Waals surface area (Å²) >= 11 is 0. The van der Waals surface area contributed by atoms with Gasteiger partial charge in [0.1, 0.15) is 5.82 Å². The van der Waals surface area contributed by atoms with Crippen molar-refractivity contribution in [3.8, 4) is 11.1 Å². The van der Waals surface area contributed by atoms with E-state index >= 15 is 0 Å². The third kappa shape index (κ3) is 6.94. The summed E-state index contributed by atoms with van der Waals surface area (Å²) in [6.07, 6.45) is -1.02. The van der Waals surface area contributed by atoms with Gasteiger partial charge in [-0.1, -0.05) is 30.3 Å². The van der Waals surface area contributed by atoms with Gasteiger partial charge < -0.3 is 16.0 Å². The highest BCUT2D eigenvalue weighted by Crippen LogP contribution is 2.35. The summed E-state index contributed by atoms with van der Waals surface area (Å²) in [6.45, 7) is 6.53. The lowest BCUT2D eigenvalue weighted by atomic mass is 9.83. The van der Waals surface area contributed by atoms with Crippen LogP contribution in [0.2, 0.25) is 0 Å². The van der Waals surface area contributed by atoms with E-state index in [2.05, 4.69) is 20.9 Å². The van der Waals surface area contributed by atoms with Gasteiger partial charge in [-0.2, -0.15) is 13.2 Å². The summed E-state index contributed by atoms with van der Waals surface area (Å²) in [7, 11) is 0. The van der Waals surface area contributed by atoms with Crippen LogP contribution in [0.15, 0.2) is 60.8 Å². The lowest BCUT2D eigenvalue weighted by Crippen LogP contribution is -2.43. The second-order valence-corrected chi connectivity index (χ2v) is 11.2. The van der Waals surface area contributed by atoms with Crippen molar-refractivity contribution >= 4 is 23.3 Å². The highest BCUT2D eigenvalue weighted by Gasteiger charge is 2.35. The van der Waals surface area contributed by atoms with Crippen LogP contribution in [0.3, 0.4) is 0 Å². The molecule has 1 saturated heterocycles. The predicted molar refractivity (Wildman–Crippen MR) is 152 cm³/mol. The first-order valence-corrected chi connectivity index (χ1v) is 13.8. The summed E-state index contributed by atoms with van der Waals surface area (Å²) < 4.78 is 41.8. The van der Waals surface area contributed by atoms with Gasteiger partial charge in [-0.25, -0.2) is 4.98 Å². The Morgan fingerprint density at radius 1 is 0.951 bits per heavy atom. The van der Waals surface area contributed by atoms with Crippen LogP contribution < -0.4 is 16.0 Å². The quantitative estimate of drug-likeness (QED) is 0.339. The number of amides is 2. The number of carbonyl (C=O) groups excluding carboxylic acids is 2. The molecule has 41 heavy (non-hydrogen) atoms. The van der Waals surface area contributed by atoms with Crippen LogP contribution in [0.1, 0.15) is 43.4 Å². The highest BCUT2D eigenvalue weighted by atomic mass is 19.4. The average Bonchev–Trinajstić information content (AvgIpc) is 3.80. The highest BCUT2D eigenvalue weighted by molar-refractivity contribution is 5.98. The van der Waals surface area contributed by atoms with E-state index in [1.54, 1.807) is 26.1 Å². The number of pyridine rings is 1. The van der Waals surface area contributed by atoms with E-state index in [-0.39, 0.29) is 29.6 Å². The molecule has 0 spiro atoms. The van der Waals surface area contributed by atoms with Crippen molar-refractivity contribution in [2.24, 2.45) is 5.92 Å². The Kier molecular flexibility index (Phi) is 8.15. The van der Waals surface area contributed by atoms with Crippen LogP contribution in [0.4, 0.5) is 24.7 Å². The fourth-order valence-electron chi connectivity index (χ4n) is 4.88. The summed E-state index contributed by atoms with van der Waals surface area (Å²) in [4.78, 5) is 31.5. The Hall–Kier alpha value is -3.76. The maximum atomic E-state index is 13.9. The number of hydrogen-bond acceptors (Lipinski definition) is 5. The SMILES string of the molecule is CC(C)(C(=O)Nc1ccc(CN2CCNCC2)c(C(F)(F)F)c1)c1ccc(-c2ccc(NC(=O)C3CC3)nc2)cc1. The number of nitrogens with zero attached hydrogens (tertiary/aromatic N) is 2. The van der Waals surface area contributed by atoms with Crippen molar-refractivity contribution in [3.63, 3.8) is 0 Å². The zero-order valence-corrected chi connectivity index (χ0v) is 23.1. The van der Waals surface area contributed by atoms with Gasteiger partial charge in [-0.3, -0.25) is 14.5 Å². The minimum atomic E-state index is -4.54. The number of rotatable bonds is 8. The minimum Gasteiger partial charge on any atom is -0.325 e. The first kappa shape index (κ1) is 28.8. The molecule has 0 bridgehead atoms. The smallest absolute Gasteiger partial charge is 0.325 e. The molecule has 0 atom stereocenters. The topological polar surface area (TPSA) is 86.4 Å². The summed E-state index contributed by atoms with van der Waals surface area (Å²) in [6, 6.07) is 15.0. The number of carbonyl (C=O) groups is 2. The number of hydrogen-bond donors (Lipinski definition) is 3. The van der Waals surface area contributed by atoms with Crippen LogP contribution in [0.5, 0.6) is 0 Å². The monoisotopic (exact) mass is 565 g/mol. The first-order valence-electron chi connectivity index (χ1n) is 13.8. The number of alkyl halides is 3. The molecule has 2 fully saturated rings. The average molecular weight is 566 g/mol. The van der Waals surface area contributed by atoms with Gasteiger partial charge in [0.2, 0.25) is 11.8 Å². The summed E-state index contributed by atoms with van der Waals surface area (Å²) in [5.41, 5.74) is 1.01. The Bertz CT molecular complexity index is 1390. The Balaban J connectivity index is 1.26. The maximum absolute atomic E-state index is 13.9. The standard InChI is InChI=1S/C31H34F3N5O2/c1-30(2,24-9-5-20(6-10-24)22-8-12-27(36-18-22)38-28(40)21-3-4-21)29(41)37-25-11-7-23(26(17-25)31(32,33)34)19-39-15-13-35-14-16-39/h5-12,17-18,21,35H,3-4,13-16,19H2,1-2H3,(H,37,41)(H,36,38,40). The number of halogens is 3. The zero-order chi connectivity index (χ0) is 29.2. The van der Waals surface area contributed by atoms with Crippen molar-refractivity contribution in [3.05, 3.63) is 77.5 Å². The fraction of sp³-hybridized carbons (Fsp3) is 0.387. The van der Waals surface area contributed by atoms with E-state index in [1.165, 1.54) is 12.1 Å². The second-order valence-electron chi connectivity index (χ2n) is 11.2. The predicted octanol–water partition coefficient (Wildman–Crippen LogP) is 5.44. The van der Waals surface area contributed by atoms with E-state index in [0.717, 1.165) is 43.1 Å². The lowest BCUT2D eigenvalue weighted by molar-refractivity contribution is -0.138. The Morgan fingerprint density at radius 2 is 1.63 bits per heavy atom. The van der Waals surface area contributed by atoms with Gasteiger partial charge in [0, 0.05) is 56.1 Å². The van der Waals surface area contributed by atoms with Crippen LogP contribution >= 0.6 is 0 Å². The summed E-state index contributed by atoms with van der Waals surface area (Å²) in [5, 5.41) is 8.71. The summed E-state index contributed by atoms with van der Waals surface area (Å²) in [5.74, 6) is 0.185. The maximum Gasteiger partial charge on any atom is 0.416 e. The van der Waals surface area contributed by atoms with Crippen molar-refractivity contribution in [1.29, 1.82) is 0 Å². The van der Waals surface area contributed by atoms with Crippen LogP contribution in [-0.4, -0.2) is 47.9 Å². The Morgan fingerprint density at radius 3 is 2.24 bits per heavy atom. The minimum absolute atomic E-state index is 0.00379. The molecule has 2 heterocycles. The lowest BCUT2D eigenvalue weighted by Gasteiger charge is -2.28. The molecule has 1 saturated carbocycles. The molecule has 0 unspecified atom stereocenters. The van der Waals surface area contributed by atoms with Crippen molar-refractivity contribution in [2.45, 2.75) is 44.8 Å². The van der Waals surface area contributed by atoms with Gasteiger partial charge in [0.15, 0.2) is 0 Å². The van der Waals surface area contributed by atoms with E-state index < -0.39 is 23.1 Å². The van der Waals surface area contributed by atoms with Crippen molar-refractivity contribution in [1.82, 2.24) is 15.2 Å². The molecule has 216 valence electrons. The van der Waals surface area contributed by atoms with Gasteiger partial charge in [-0.05, 0) is 67.6 Å². The molecule has 0 radical (unpaired) electrons.